The van der Waals surface area contributed by atoms with Gasteiger partial charge in [0.1, 0.15) is 0 Å². The van der Waals surface area contributed by atoms with Crippen molar-refractivity contribution < 1.29 is 27.8 Å². The molecule has 0 saturated carbocycles. The molecule has 9 nitrogen and oxygen atoms in total. The normalized spacial score (nSPS) is 14.4. The topological polar surface area (TPSA) is 110 Å². The number of aryl methyl sites for hydroxylation is 1. The molecule has 13 heteroatoms. The van der Waals surface area contributed by atoms with Gasteiger partial charge in [-0.25, -0.2) is 0 Å². The number of carbonyl (C=O) groups is 1. The molecule has 0 atom stereocenters. The molecule has 170 valence electrons. The Bertz CT molecular complexity index is 1070. The predicted molar refractivity (Wildman–Crippen MR) is 109 cm³/mol. The summed E-state index contributed by atoms with van der Waals surface area (Å²) in [5, 5.41) is 23.3. The molecule has 1 aliphatic heterocycles. The van der Waals surface area contributed by atoms with Gasteiger partial charge in [0.2, 0.25) is 0 Å². The third-order valence-electron chi connectivity index (χ3n) is 5.09. The van der Waals surface area contributed by atoms with Gasteiger partial charge in [0.15, 0.2) is 5.69 Å². The maximum Gasteiger partial charge on any atom is 0.416 e. The van der Waals surface area contributed by atoms with Crippen molar-refractivity contribution in [1.82, 2.24) is 4.90 Å². The van der Waals surface area contributed by atoms with Crippen molar-refractivity contribution >= 4 is 34.6 Å². The highest BCUT2D eigenvalue weighted by Crippen LogP contribution is 2.43. The molecule has 0 aromatic heterocycles. The molecular formula is C19H16ClF3N4O5. The van der Waals surface area contributed by atoms with E-state index in [0.29, 0.717) is 10.6 Å². The van der Waals surface area contributed by atoms with E-state index in [4.69, 9.17) is 11.6 Å². The van der Waals surface area contributed by atoms with Gasteiger partial charge in [-0.1, -0.05) is 17.7 Å². The van der Waals surface area contributed by atoms with Gasteiger partial charge in [-0.2, -0.15) is 13.2 Å². The Labute approximate surface area is 184 Å². The van der Waals surface area contributed by atoms with Gasteiger partial charge >= 0.3 is 6.18 Å². The minimum Gasteiger partial charge on any atom is -0.357 e. The van der Waals surface area contributed by atoms with Gasteiger partial charge in [0.25, 0.3) is 17.3 Å². The highest BCUT2D eigenvalue weighted by Gasteiger charge is 2.40. The van der Waals surface area contributed by atoms with Crippen LogP contribution in [-0.2, 0) is 6.18 Å². The van der Waals surface area contributed by atoms with E-state index in [-0.39, 0.29) is 44.2 Å². The number of nitrogens with zero attached hydrogens (tertiary/aromatic N) is 4. The van der Waals surface area contributed by atoms with E-state index in [1.54, 1.807) is 19.1 Å². The predicted octanol–water partition coefficient (Wildman–Crippen LogP) is 4.45. The van der Waals surface area contributed by atoms with Gasteiger partial charge in [-0.15, -0.1) is 0 Å². The quantitative estimate of drug-likeness (QED) is 0.480. The first-order chi connectivity index (χ1) is 14.9. The highest BCUT2D eigenvalue weighted by molar-refractivity contribution is 6.31. The third kappa shape index (κ3) is 4.59. The van der Waals surface area contributed by atoms with Crippen LogP contribution < -0.4 is 4.90 Å². The third-order valence-corrected chi connectivity index (χ3v) is 5.50. The number of nitro groups is 2. The second kappa shape index (κ2) is 8.61. The van der Waals surface area contributed by atoms with Crippen LogP contribution in [0, 0.1) is 27.2 Å². The van der Waals surface area contributed by atoms with E-state index in [9.17, 15) is 38.2 Å². The number of benzene rings is 2. The van der Waals surface area contributed by atoms with Crippen LogP contribution >= 0.6 is 11.6 Å². The molecule has 3 rings (SSSR count). The Morgan fingerprint density at radius 3 is 1.97 bits per heavy atom. The molecule has 0 unspecified atom stereocenters. The largest absolute Gasteiger partial charge is 0.416 e. The molecule has 0 spiro atoms. The average molecular weight is 473 g/mol. The van der Waals surface area contributed by atoms with Gasteiger partial charge in [-0.3, -0.25) is 25.0 Å². The molecule has 1 aliphatic rings. The zero-order chi connectivity index (χ0) is 23.8. The van der Waals surface area contributed by atoms with Crippen LogP contribution in [0.25, 0.3) is 0 Å². The zero-order valence-electron chi connectivity index (χ0n) is 16.6. The summed E-state index contributed by atoms with van der Waals surface area (Å²) in [6, 6.07) is 5.36. The molecule has 1 saturated heterocycles. The summed E-state index contributed by atoms with van der Waals surface area (Å²) < 4.78 is 39.3. The van der Waals surface area contributed by atoms with E-state index in [1.165, 1.54) is 15.9 Å². The Morgan fingerprint density at radius 2 is 1.53 bits per heavy atom. The second-order valence-corrected chi connectivity index (χ2v) is 7.53. The van der Waals surface area contributed by atoms with Crippen LogP contribution in [0.1, 0.15) is 21.5 Å². The van der Waals surface area contributed by atoms with Crippen molar-refractivity contribution in [2.45, 2.75) is 13.1 Å². The number of piperazine rings is 1. The van der Waals surface area contributed by atoms with Crippen LogP contribution in [0.5, 0.6) is 0 Å². The lowest BCUT2D eigenvalue weighted by Gasteiger charge is -2.35. The maximum absolute atomic E-state index is 13.1. The number of hydrogen-bond acceptors (Lipinski definition) is 6. The molecule has 0 N–H and O–H groups in total. The first-order valence-electron chi connectivity index (χ1n) is 9.24. The Kier molecular flexibility index (Phi) is 6.26. The van der Waals surface area contributed by atoms with Crippen LogP contribution in [0.15, 0.2) is 30.3 Å². The number of alkyl halides is 3. The molecule has 0 radical (unpaired) electrons. The number of rotatable bonds is 4. The minimum absolute atomic E-state index is 0.0433. The summed E-state index contributed by atoms with van der Waals surface area (Å²) in [7, 11) is 0. The fourth-order valence-electron chi connectivity index (χ4n) is 3.41. The van der Waals surface area contributed by atoms with E-state index in [2.05, 4.69) is 0 Å². The number of amides is 1. The molecule has 0 aliphatic carbocycles. The van der Waals surface area contributed by atoms with E-state index in [0.717, 1.165) is 5.56 Å². The summed E-state index contributed by atoms with van der Waals surface area (Å²) in [6.45, 7) is 1.80. The lowest BCUT2D eigenvalue weighted by atomic mass is 10.1. The molecule has 32 heavy (non-hydrogen) atoms. The van der Waals surface area contributed by atoms with Crippen LogP contribution in [0.3, 0.4) is 0 Å². The summed E-state index contributed by atoms with van der Waals surface area (Å²) in [5.41, 5.74) is -2.91. The summed E-state index contributed by atoms with van der Waals surface area (Å²) in [4.78, 5) is 36.1. The van der Waals surface area contributed by atoms with E-state index >= 15 is 0 Å². The number of nitro benzene ring substituents is 2. The minimum atomic E-state index is -4.99. The monoisotopic (exact) mass is 472 g/mol. The Balaban J connectivity index is 1.90. The number of carbonyl (C=O) groups excluding carboxylic acids is 1. The van der Waals surface area contributed by atoms with E-state index < -0.39 is 38.6 Å². The number of hydrogen-bond donors (Lipinski definition) is 0. The molecule has 2 aromatic rings. The first-order valence-corrected chi connectivity index (χ1v) is 9.62. The smallest absolute Gasteiger partial charge is 0.357 e. The van der Waals surface area contributed by atoms with E-state index in [1.807, 2.05) is 0 Å². The zero-order valence-corrected chi connectivity index (χ0v) is 17.3. The van der Waals surface area contributed by atoms with Gasteiger partial charge < -0.3 is 9.80 Å². The van der Waals surface area contributed by atoms with Gasteiger partial charge in [0.05, 0.1) is 15.4 Å². The first kappa shape index (κ1) is 23.3. The molecular weight excluding hydrogens is 457 g/mol. The number of halogens is 4. The molecule has 2 aromatic carbocycles. The van der Waals surface area contributed by atoms with Crippen molar-refractivity contribution in [3.8, 4) is 0 Å². The lowest BCUT2D eigenvalue weighted by molar-refractivity contribution is -0.393. The van der Waals surface area contributed by atoms with Crippen molar-refractivity contribution in [2.75, 3.05) is 31.1 Å². The summed E-state index contributed by atoms with van der Waals surface area (Å²) in [6.07, 6.45) is -4.99. The summed E-state index contributed by atoms with van der Waals surface area (Å²) >= 11 is 6.05. The second-order valence-electron chi connectivity index (χ2n) is 7.12. The lowest BCUT2D eigenvalue weighted by Crippen LogP contribution is -2.49. The van der Waals surface area contributed by atoms with Crippen LogP contribution in [0.2, 0.25) is 5.02 Å². The van der Waals surface area contributed by atoms with Gasteiger partial charge in [0, 0.05) is 48.9 Å². The molecule has 1 fully saturated rings. The Hall–Kier alpha value is -3.41. The fourth-order valence-corrected chi connectivity index (χ4v) is 3.59. The number of anilines is 1. The van der Waals surface area contributed by atoms with Gasteiger partial charge in [-0.05, 0) is 24.6 Å². The van der Waals surface area contributed by atoms with Crippen LogP contribution in [-0.4, -0.2) is 46.8 Å². The average Bonchev–Trinajstić information content (AvgIpc) is 2.73. The highest BCUT2D eigenvalue weighted by atomic mass is 35.5. The molecule has 1 amide bonds. The van der Waals surface area contributed by atoms with Crippen molar-refractivity contribution in [2.24, 2.45) is 0 Å². The fraction of sp³-hybridized carbons (Fsp3) is 0.316. The van der Waals surface area contributed by atoms with Crippen LogP contribution in [0.4, 0.5) is 30.2 Å². The summed E-state index contributed by atoms with van der Waals surface area (Å²) in [5.74, 6) is -0.344. The SMILES string of the molecule is Cc1ccc(C(=O)N2CCN(c3c([N+](=O)[O-])cc(C(F)(F)F)cc3[N+](=O)[O-])CC2)cc1Cl. The van der Waals surface area contributed by atoms with Crippen molar-refractivity contribution in [1.29, 1.82) is 0 Å². The van der Waals surface area contributed by atoms with Crippen molar-refractivity contribution in [3.05, 3.63) is 72.3 Å². The van der Waals surface area contributed by atoms with Crippen molar-refractivity contribution in [3.63, 3.8) is 0 Å². The Morgan fingerprint density at radius 1 is 1.00 bits per heavy atom. The standard InChI is InChI=1S/C19H16ClF3N4O5/c1-11-2-3-12(8-14(11)20)18(28)25-6-4-24(5-7-25)17-15(26(29)30)9-13(19(21,22)23)10-16(17)27(31)32/h2-3,8-10H,4-7H2,1H3. The maximum atomic E-state index is 13.1. The molecule has 0 bridgehead atoms. The molecule has 1 heterocycles.